The van der Waals surface area contributed by atoms with E-state index in [-0.39, 0.29) is 52.5 Å². The van der Waals surface area contributed by atoms with Gasteiger partial charge in [0.15, 0.2) is 5.96 Å². The summed E-state index contributed by atoms with van der Waals surface area (Å²) >= 11 is 0.975. The number of benzene rings is 2. The van der Waals surface area contributed by atoms with E-state index in [2.05, 4.69) is 19.9 Å². The smallest absolute Gasteiger partial charge is 0.326 e. The van der Waals surface area contributed by atoms with E-state index < -0.39 is 33.9 Å². The van der Waals surface area contributed by atoms with Gasteiger partial charge in [-0.25, -0.2) is 13.2 Å². The Morgan fingerprint density at radius 2 is 1.86 bits per heavy atom. The fraction of sp³-hybridized carbons (Fsp3) is 0.394. The molecule has 1 saturated heterocycles. The van der Waals surface area contributed by atoms with Gasteiger partial charge in [0, 0.05) is 25.9 Å². The lowest BCUT2D eigenvalue weighted by Crippen LogP contribution is -2.40. The minimum Gasteiger partial charge on any atom is -0.492 e. The Bertz CT molecular complexity index is 1830. The minimum absolute atomic E-state index is 0.00691. The molecule has 0 saturated carbocycles. The van der Waals surface area contributed by atoms with Crippen molar-refractivity contribution in [1.29, 1.82) is 0 Å². The number of nitrogens with one attached hydrogen (secondary N) is 2. The van der Waals surface area contributed by atoms with Crippen LogP contribution in [0.5, 0.6) is 5.75 Å². The molecule has 0 bridgehead atoms. The van der Waals surface area contributed by atoms with Crippen LogP contribution in [0.15, 0.2) is 57.7 Å². The molecule has 3 heterocycles. The fourth-order valence-corrected chi connectivity index (χ4v) is 8.19. The van der Waals surface area contributed by atoms with E-state index in [0.29, 0.717) is 31.6 Å². The highest BCUT2D eigenvalue weighted by atomic mass is 32.2. The van der Waals surface area contributed by atoms with Crippen molar-refractivity contribution >= 4 is 50.9 Å². The summed E-state index contributed by atoms with van der Waals surface area (Å²) in [6.07, 6.45) is 2.76. The number of piperidine rings is 1. The zero-order valence-corrected chi connectivity index (χ0v) is 28.4. The number of aliphatic carboxylic acids is 2. The number of carbonyl (C=O) groups is 3. The Morgan fingerprint density at radius 1 is 1.08 bits per heavy atom. The first-order valence-electron chi connectivity index (χ1n) is 15.9. The van der Waals surface area contributed by atoms with Gasteiger partial charge >= 0.3 is 11.9 Å². The number of likely N-dealkylation sites (tertiary alicyclic amines) is 1. The standard InChI is InChI=1S/C33H40N6O8S2/c34-33(35)36-10-2-5-26(32(43)44)37-31(42)30-25(9-14-48-30)38-49(45,46)27-18-24(17-23-8-13-47-29(23)27)22-4-1-3-21(15-22)19-39-11-6-20(7-12-39)16-28(40)41/h1,3-4,9,14-15,17-18,20,26,38H,2,5-8,10-13,16,19H2,(H,37,42)(H,40,41)(H,43,44)(H4,34,35,36). The molecule has 2 aliphatic heterocycles. The molecule has 1 fully saturated rings. The highest BCUT2D eigenvalue weighted by Gasteiger charge is 2.30. The molecule has 2 aliphatic rings. The summed E-state index contributed by atoms with van der Waals surface area (Å²) in [5.74, 6) is -2.42. The molecule has 0 spiro atoms. The lowest BCUT2D eigenvalue weighted by molar-refractivity contribution is -0.140. The number of hydrogen-bond donors (Lipinski definition) is 6. The van der Waals surface area contributed by atoms with Crippen LogP contribution < -0.4 is 26.2 Å². The van der Waals surface area contributed by atoms with Crippen molar-refractivity contribution in [2.75, 3.05) is 31.0 Å². The normalized spacial score (nSPS) is 15.5. The van der Waals surface area contributed by atoms with Crippen LogP contribution in [0.3, 0.4) is 0 Å². The molecule has 0 aliphatic carbocycles. The molecule has 49 heavy (non-hydrogen) atoms. The largest absolute Gasteiger partial charge is 0.492 e. The van der Waals surface area contributed by atoms with Gasteiger partial charge in [0.1, 0.15) is 21.6 Å². The number of nitrogens with two attached hydrogens (primary N) is 2. The number of anilines is 1. The topological polar surface area (TPSA) is 227 Å². The maximum Gasteiger partial charge on any atom is 0.326 e. The third-order valence-corrected chi connectivity index (χ3v) is 10.8. The van der Waals surface area contributed by atoms with Gasteiger partial charge in [-0.05, 0) is 96.6 Å². The van der Waals surface area contributed by atoms with Crippen molar-refractivity contribution in [2.45, 2.75) is 56.0 Å². The van der Waals surface area contributed by atoms with E-state index in [9.17, 15) is 27.9 Å². The van der Waals surface area contributed by atoms with E-state index in [0.717, 1.165) is 54.0 Å². The number of carbonyl (C=O) groups excluding carboxylic acids is 1. The molecule has 1 atom stereocenters. The van der Waals surface area contributed by atoms with Crippen molar-refractivity contribution in [2.24, 2.45) is 22.4 Å². The summed E-state index contributed by atoms with van der Waals surface area (Å²) in [6, 6.07) is 11.6. The Labute approximate surface area is 288 Å². The number of hydrogen-bond acceptors (Lipinski definition) is 9. The number of guanidine groups is 1. The van der Waals surface area contributed by atoms with Crippen LogP contribution in [-0.2, 0) is 32.6 Å². The molecule has 2 aromatic carbocycles. The highest BCUT2D eigenvalue weighted by Crippen LogP contribution is 2.39. The summed E-state index contributed by atoms with van der Waals surface area (Å²) < 4.78 is 36.1. The summed E-state index contributed by atoms with van der Waals surface area (Å²) in [5, 5.41) is 22.8. The average Bonchev–Trinajstić information content (AvgIpc) is 3.72. The second-order valence-corrected chi connectivity index (χ2v) is 14.7. The van der Waals surface area contributed by atoms with Crippen molar-refractivity contribution in [3.63, 3.8) is 0 Å². The predicted molar refractivity (Wildman–Crippen MR) is 185 cm³/mol. The summed E-state index contributed by atoms with van der Waals surface area (Å²) in [4.78, 5) is 42.1. The van der Waals surface area contributed by atoms with Gasteiger partial charge < -0.3 is 31.7 Å². The summed E-state index contributed by atoms with van der Waals surface area (Å²) in [5.41, 5.74) is 14.0. The molecule has 14 nitrogen and oxygen atoms in total. The lowest BCUT2D eigenvalue weighted by Gasteiger charge is -2.31. The number of thiophene rings is 1. The monoisotopic (exact) mass is 712 g/mol. The number of nitrogens with zero attached hydrogens (tertiary/aromatic N) is 2. The lowest BCUT2D eigenvalue weighted by atomic mass is 9.93. The third-order valence-electron chi connectivity index (χ3n) is 8.54. The number of sulfonamides is 1. The van der Waals surface area contributed by atoms with Gasteiger partial charge in [-0.3, -0.25) is 24.2 Å². The Kier molecular flexibility index (Phi) is 11.4. The second-order valence-electron chi connectivity index (χ2n) is 12.2. The maximum atomic E-state index is 13.9. The van der Waals surface area contributed by atoms with E-state index in [1.165, 1.54) is 6.07 Å². The van der Waals surface area contributed by atoms with Crippen molar-refractivity contribution in [3.8, 4) is 16.9 Å². The molecule has 5 rings (SSSR count). The second kappa shape index (κ2) is 15.7. The Morgan fingerprint density at radius 3 is 2.57 bits per heavy atom. The molecule has 262 valence electrons. The number of rotatable bonds is 15. The quantitative estimate of drug-likeness (QED) is 0.0762. The molecule has 1 amide bonds. The van der Waals surface area contributed by atoms with Gasteiger partial charge in [-0.1, -0.05) is 18.2 Å². The van der Waals surface area contributed by atoms with E-state index in [4.69, 9.17) is 21.3 Å². The van der Waals surface area contributed by atoms with Gasteiger partial charge in [0.05, 0.1) is 12.3 Å². The van der Waals surface area contributed by atoms with Crippen LogP contribution in [0.25, 0.3) is 11.1 Å². The van der Waals surface area contributed by atoms with Crippen LogP contribution in [0.1, 0.15) is 52.9 Å². The van der Waals surface area contributed by atoms with Crippen molar-refractivity contribution in [1.82, 2.24) is 10.2 Å². The van der Waals surface area contributed by atoms with Crippen LogP contribution in [0.4, 0.5) is 5.69 Å². The first-order valence-corrected chi connectivity index (χ1v) is 18.3. The number of ether oxygens (including phenoxy) is 1. The zero-order chi connectivity index (χ0) is 35.1. The molecular weight excluding hydrogens is 673 g/mol. The Hall–Kier alpha value is -4.67. The summed E-state index contributed by atoms with van der Waals surface area (Å²) in [7, 11) is -4.27. The molecule has 16 heteroatoms. The first kappa shape index (κ1) is 35.6. The van der Waals surface area contributed by atoms with E-state index in [1.807, 2.05) is 30.3 Å². The highest BCUT2D eigenvalue weighted by molar-refractivity contribution is 7.92. The SMILES string of the molecule is NC(N)=NCCCC(NC(=O)c1sccc1NS(=O)(=O)c1cc(-c2cccc(CN3CCC(CC(=O)O)CC3)c2)cc2c1OCC2)C(=O)O. The molecule has 3 aromatic rings. The van der Waals surface area contributed by atoms with Crippen LogP contribution in [0, 0.1) is 5.92 Å². The predicted octanol–water partition coefficient (Wildman–Crippen LogP) is 3.07. The summed E-state index contributed by atoms with van der Waals surface area (Å²) in [6.45, 7) is 2.83. The zero-order valence-electron chi connectivity index (χ0n) is 26.8. The van der Waals surface area contributed by atoms with Gasteiger partial charge in [0.2, 0.25) is 0 Å². The Balaban J connectivity index is 1.32. The molecule has 1 aromatic heterocycles. The van der Waals surface area contributed by atoms with Gasteiger partial charge in [-0.2, -0.15) is 0 Å². The number of amides is 1. The maximum absolute atomic E-state index is 13.9. The molecule has 8 N–H and O–H groups in total. The van der Waals surface area contributed by atoms with Crippen molar-refractivity contribution in [3.05, 3.63) is 63.8 Å². The third kappa shape index (κ3) is 9.28. The van der Waals surface area contributed by atoms with Crippen LogP contribution in [0.2, 0.25) is 0 Å². The average molecular weight is 713 g/mol. The number of carboxylic acids is 2. The van der Waals surface area contributed by atoms with E-state index >= 15 is 0 Å². The molecular formula is C33H40N6O8S2. The molecule has 0 radical (unpaired) electrons. The van der Waals surface area contributed by atoms with E-state index in [1.54, 1.807) is 11.4 Å². The minimum atomic E-state index is -4.27. The van der Waals surface area contributed by atoms with Crippen LogP contribution in [-0.4, -0.2) is 79.6 Å². The number of aliphatic imine (C=N–C) groups is 1. The molecule has 1 unspecified atom stereocenters. The van der Waals surface area contributed by atoms with Gasteiger partial charge in [-0.15, -0.1) is 11.3 Å². The van der Waals surface area contributed by atoms with Crippen LogP contribution >= 0.6 is 11.3 Å². The fourth-order valence-electron chi connectivity index (χ4n) is 6.09. The van der Waals surface area contributed by atoms with Crippen molar-refractivity contribution < 1.29 is 37.8 Å². The first-order chi connectivity index (χ1) is 23.4. The number of carboxylic acid groups (broad SMARTS) is 2. The van der Waals surface area contributed by atoms with Gasteiger partial charge in [0.25, 0.3) is 15.9 Å². The number of fused-ring (bicyclic) bond motifs is 1.